The summed E-state index contributed by atoms with van der Waals surface area (Å²) in [6.07, 6.45) is 4.12. The number of aryl methyl sites for hydroxylation is 2. The van der Waals surface area contributed by atoms with Gasteiger partial charge in [-0.2, -0.15) is 0 Å². The van der Waals surface area contributed by atoms with Crippen LogP contribution in [0.4, 0.5) is 0 Å². The minimum Gasteiger partial charge on any atom is -0.465 e. The van der Waals surface area contributed by atoms with Gasteiger partial charge >= 0.3 is 5.97 Å². The first-order chi connectivity index (χ1) is 14.1. The SMILES string of the molecule is CCn1c2c(c3cc(Cl)cc(Cl)c31)CC(C(=O)OCCCc1ccccc1)CC2. The highest BCUT2D eigenvalue weighted by atomic mass is 35.5. The molecule has 0 saturated carbocycles. The molecule has 3 nitrogen and oxygen atoms in total. The lowest BCUT2D eigenvalue weighted by Gasteiger charge is -2.22. The van der Waals surface area contributed by atoms with Crippen LogP contribution < -0.4 is 0 Å². The maximum Gasteiger partial charge on any atom is 0.309 e. The van der Waals surface area contributed by atoms with Gasteiger partial charge in [0.25, 0.3) is 0 Å². The van der Waals surface area contributed by atoms with Gasteiger partial charge in [-0.15, -0.1) is 0 Å². The van der Waals surface area contributed by atoms with E-state index in [1.54, 1.807) is 6.07 Å². The number of rotatable bonds is 6. The first-order valence-electron chi connectivity index (χ1n) is 10.3. The smallest absolute Gasteiger partial charge is 0.309 e. The average molecular weight is 430 g/mol. The number of hydrogen-bond donors (Lipinski definition) is 0. The Morgan fingerprint density at radius 1 is 1.21 bits per heavy atom. The summed E-state index contributed by atoms with van der Waals surface area (Å²) < 4.78 is 7.88. The third-order valence-electron chi connectivity index (χ3n) is 5.82. The normalized spacial score (nSPS) is 16.0. The molecule has 0 spiro atoms. The second kappa shape index (κ2) is 8.81. The number of fused-ring (bicyclic) bond motifs is 3. The largest absolute Gasteiger partial charge is 0.465 e. The van der Waals surface area contributed by atoms with Gasteiger partial charge in [-0.25, -0.2) is 0 Å². The molecule has 29 heavy (non-hydrogen) atoms. The first-order valence-corrected chi connectivity index (χ1v) is 11.0. The van der Waals surface area contributed by atoms with Crippen molar-refractivity contribution in [2.45, 2.75) is 45.6 Å². The zero-order valence-electron chi connectivity index (χ0n) is 16.6. The topological polar surface area (TPSA) is 31.2 Å². The molecule has 5 heteroatoms. The number of benzene rings is 2. The van der Waals surface area contributed by atoms with E-state index in [2.05, 4.69) is 23.6 Å². The van der Waals surface area contributed by atoms with Gasteiger partial charge in [-0.3, -0.25) is 4.79 Å². The van der Waals surface area contributed by atoms with Crippen LogP contribution in [-0.2, 0) is 35.3 Å². The predicted molar refractivity (Wildman–Crippen MR) is 119 cm³/mol. The number of esters is 1. The third-order valence-corrected chi connectivity index (χ3v) is 6.33. The van der Waals surface area contributed by atoms with E-state index in [-0.39, 0.29) is 11.9 Å². The summed E-state index contributed by atoms with van der Waals surface area (Å²) in [4.78, 5) is 12.7. The van der Waals surface area contributed by atoms with E-state index in [1.165, 1.54) is 16.8 Å². The monoisotopic (exact) mass is 429 g/mol. The Hall–Kier alpha value is -1.97. The van der Waals surface area contributed by atoms with E-state index in [0.29, 0.717) is 23.1 Å². The molecule has 4 rings (SSSR count). The fraction of sp³-hybridized carbons (Fsp3) is 0.375. The summed E-state index contributed by atoms with van der Waals surface area (Å²) in [6.45, 7) is 3.44. The van der Waals surface area contributed by atoms with Crippen LogP contribution >= 0.6 is 23.2 Å². The van der Waals surface area contributed by atoms with Gasteiger partial charge in [-0.05, 0) is 62.3 Å². The van der Waals surface area contributed by atoms with Crippen LogP contribution in [0.3, 0.4) is 0 Å². The summed E-state index contributed by atoms with van der Waals surface area (Å²) in [6, 6.07) is 14.0. The molecule has 1 aliphatic rings. The van der Waals surface area contributed by atoms with E-state index < -0.39 is 0 Å². The summed E-state index contributed by atoms with van der Waals surface area (Å²) in [5.41, 5.74) is 4.77. The molecular formula is C24H25Cl2NO2. The van der Waals surface area contributed by atoms with Crippen LogP contribution in [0.2, 0.25) is 10.0 Å². The number of ether oxygens (including phenoxy) is 1. The Bertz CT molecular complexity index is 1030. The van der Waals surface area contributed by atoms with Crippen LogP contribution in [0.25, 0.3) is 10.9 Å². The molecule has 0 N–H and O–H groups in total. The van der Waals surface area contributed by atoms with Crippen molar-refractivity contribution in [2.24, 2.45) is 5.92 Å². The van der Waals surface area contributed by atoms with Crippen molar-refractivity contribution in [2.75, 3.05) is 6.61 Å². The van der Waals surface area contributed by atoms with Crippen LogP contribution in [-0.4, -0.2) is 17.1 Å². The van der Waals surface area contributed by atoms with Crippen molar-refractivity contribution in [3.8, 4) is 0 Å². The molecule has 3 aromatic rings. The van der Waals surface area contributed by atoms with E-state index >= 15 is 0 Å². The van der Waals surface area contributed by atoms with Crippen molar-refractivity contribution < 1.29 is 9.53 Å². The number of carbonyl (C=O) groups excluding carboxylic acids is 1. The van der Waals surface area contributed by atoms with Crippen molar-refractivity contribution in [1.29, 1.82) is 0 Å². The van der Waals surface area contributed by atoms with Crippen molar-refractivity contribution in [3.05, 3.63) is 69.3 Å². The number of hydrogen-bond acceptors (Lipinski definition) is 2. The number of nitrogens with zero attached hydrogens (tertiary/aromatic N) is 1. The van der Waals surface area contributed by atoms with Crippen LogP contribution in [0.1, 0.15) is 36.6 Å². The molecule has 1 aromatic heterocycles. The van der Waals surface area contributed by atoms with Crippen LogP contribution in [0.5, 0.6) is 0 Å². The lowest BCUT2D eigenvalue weighted by Crippen LogP contribution is -2.25. The summed E-state index contributed by atoms with van der Waals surface area (Å²) in [5, 5.41) is 2.37. The first kappa shape index (κ1) is 20.3. The van der Waals surface area contributed by atoms with Gasteiger partial charge in [0.2, 0.25) is 0 Å². The van der Waals surface area contributed by atoms with Crippen LogP contribution in [0.15, 0.2) is 42.5 Å². The molecule has 0 radical (unpaired) electrons. The van der Waals surface area contributed by atoms with Crippen LogP contribution in [0, 0.1) is 5.92 Å². The zero-order chi connectivity index (χ0) is 20.4. The molecule has 0 aliphatic heterocycles. The second-order valence-electron chi connectivity index (χ2n) is 7.65. The quantitative estimate of drug-likeness (QED) is 0.342. The van der Waals surface area contributed by atoms with E-state index in [9.17, 15) is 4.79 Å². The summed E-state index contributed by atoms with van der Waals surface area (Å²) in [5.74, 6) is -0.192. The molecule has 0 fully saturated rings. The molecule has 152 valence electrons. The van der Waals surface area contributed by atoms with Gasteiger partial charge in [-0.1, -0.05) is 53.5 Å². The molecule has 0 saturated heterocycles. The highest BCUT2D eigenvalue weighted by Crippen LogP contribution is 2.39. The lowest BCUT2D eigenvalue weighted by atomic mass is 9.86. The Morgan fingerprint density at radius 3 is 2.76 bits per heavy atom. The molecular weight excluding hydrogens is 405 g/mol. The minimum atomic E-state index is -0.104. The molecule has 1 aliphatic carbocycles. The molecule has 0 amide bonds. The second-order valence-corrected chi connectivity index (χ2v) is 8.49. The highest BCUT2D eigenvalue weighted by molar-refractivity contribution is 6.38. The van der Waals surface area contributed by atoms with Gasteiger partial charge in [0.05, 0.1) is 23.1 Å². The minimum absolute atomic E-state index is 0.0887. The van der Waals surface area contributed by atoms with E-state index in [0.717, 1.165) is 43.1 Å². The molecule has 1 atom stereocenters. The molecule has 1 unspecified atom stereocenters. The summed E-state index contributed by atoms with van der Waals surface area (Å²) >= 11 is 12.8. The Morgan fingerprint density at radius 2 is 2.00 bits per heavy atom. The fourth-order valence-corrected chi connectivity index (χ4v) is 5.05. The van der Waals surface area contributed by atoms with E-state index in [1.807, 2.05) is 24.3 Å². The number of halogens is 2. The van der Waals surface area contributed by atoms with Crippen molar-refractivity contribution in [1.82, 2.24) is 4.57 Å². The molecule has 1 heterocycles. The molecule has 0 bridgehead atoms. The maximum atomic E-state index is 12.7. The highest BCUT2D eigenvalue weighted by Gasteiger charge is 2.30. The Balaban J connectivity index is 1.45. The standard InChI is InChI=1S/C24H25Cl2NO2/c1-2-27-22-11-10-17(13-19(22)20-14-18(25)15-21(26)23(20)27)24(28)29-12-6-9-16-7-4-3-5-8-16/h3-5,7-8,14-15,17H,2,6,9-13H2,1H3. The predicted octanol–water partition coefficient (Wildman–Crippen LogP) is 6.25. The summed E-state index contributed by atoms with van der Waals surface area (Å²) in [7, 11) is 0. The van der Waals surface area contributed by atoms with Gasteiger partial charge in [0, 0.05) is 22.6 Å². The van der Waals surface area contributed by atoms with Gasteiger partial charge in [0.1, 0.15) is 0 Å². The fourth-order valence-electron chi connectivity index (χ4n) is 4.46. The number of carbonyl (C=O) groups is 1. The van der Waals surface area contributed by atoms with Gasteiger partial charge < -0.3 is 9.30 Å². The zero-order valence-corrected chi connectivity index (χ0v) is 18.1. The lowest BCUT2D eigenvalue weighted by molar-refractivity contribution is -0.149. The van der Waals surface area contributed by atoms with E-state index in [4.69, 9.17) is 27.9 Å². The van der Waals surface area contributed by atoms with Crippen molar-refractivity contribution in [3.63, 3.8) is 0 Å². The molecule has 2 aromatic carbocycles. The van der Waals surface area contributed by atoms with Crippen molar-refractivity contribution >= 4 is 40.1 Å². The maximum absolute atomic E-state index is 12.7. The number of aromatic nitrogens is 1. The Labute approximate surface area is 181 Å². The Kier molecular flexibility index (Phi) is 6.17. The average Bonchev–Trinajstić information content (AvgIpc) is 3.05. The van der Waals surface area contributed by atoms with Gasteiger partial charge in [0.15, 0.2) is 0 Å². The third kappa shape index (κ3) is 4.17.